The van der Waals surface area contributed by atoms with Gasteiger partial charge in [-0.1, -0.05) is 0 Å². The lowest BCUT2D eigenvalue weighted by Gasteiger charge is -2.25. The second kappa shape index (κ2) is 6.32. The Morgan fingerprint density at radius 3 is 1.73 bits per heavy atom. The summed E-state index contributed by atoms with van der Waals surface area (Å²) in [4.78, 5) is 19.8. The van der Waals surface area contributed by atoms with E-state index >= 15 is 0 Å². The quantitative estimate of drug-likeness (QED) is 0.761. The van der Waals surface area contributed by atoms with E-state index in [1.54, 1.807) is 22.7 Å². The number of nitrogens with zero attached hydrogens (tertiary/aromatic N) is 1. The Morgan fingerprint density at radius 1 is 0.909 bits per heavy atom. The Balaban J connectivity index is 1.91. The number of thiophene rings is 2. The summed E-state index contributed by atoms with van der Waals surface area (Å²) in [6.07, 6.45) is 4.09. The molecule has 0 amide bonds. The first kappa shape index (κ1) is 15.4. The number of piperidine rings is 1. The molecule has 3 rings (SSSR count). The average Bonchev–Trinajstić information content (AvgIpc) is 3.04. The second-order valence-electron chi connectivity index (χ2n) is 5.74. The monoisotopic (exact) mass is 329 g/mol. The van der Waals surface area contributed by atoms with E-state index in [0.29, 0.717) is 0 Å². The highest BCUT2D eigenvalue weighted by Crippen LogP contribution is 2.25. The van der Waals surface area contributed by atoms with E-state index in [0.717, 1.165) is 34.0 Å². The van der Waals surface area contributed by atoms with Crippen LogP contribution in [-0.4, -0.2) is 30.8 Å². The van der Waals surface area contributed by atoms with Crippen molar-refractivity contribution in [3.8, 4) is 0 Å². The molecular formula is C18H19NOS2. The van der Waals surface area contributed by atoms with Crippen LogP contribution < -0.4 is 0 Å². The van der Waals surface area contributed by atoms with Crippen LogP contribution in [0.25, 0.3) is 12.2 Å². The maximum atomic E-state index is 12.7. The second-order valence-corrected chi connectivity index (χ2v) is 8.38. The van der Waals surface area contributed by atoms with Crippen LogP contribution in [0, 0.1) is 13.8 Å². The van der Waals surface area contributed by atoms with Crippen LogP contribution in [-0.2, 0) is 4.79 Å². The normalized spacial score (nSPS) is 20.2. The Labute approximate surface area is 139 Å². The molecule has 1 aliphatic rings. The van der Waals surface area contributed by atoms with E-state index in [4.69, 9.17) is 0 Å². The zero-order valence-electron chi connectivity index (χ0n) is 13.1. The zero-order chi connectivity index (χ0) is 15.7. The molecule has 0 saturated carbocycles. The van der Waals surface area contributed by atoms with Crippen molar-refractivity contribution in [3.05, 3.63) is 54.9 Å². The van der Waals surface area contributed by atoms with Gasteiger partial charge in [-0.3, -0.25) is 9.69 Å². The molecule has 4 heteroatoms. The molecular weight excluding hydrogens is 310 g/mol. The number of likely N-dealkylation sites (N-methyl/N-ethyl adjacent to an activating group) is 1. The molecule has 114 valence electrons. The molecule has 2 aromatic rings. The third kappa shape index (κ3) is 3.46. The maximum absolute atomic E-state index is 12.7. The van der Waals surface area contributed by atoms with Crippen molar-refractivity contribution in [2.45, 2.75) is 13.8 Å². The molecule has 0 radical (unpaired) electrons. The first-order valence-electron chi connectivity index (χ1n) is 7.28. The molecule has 0 atom stereocenters. The highest BCUT2D eigenvalue weighted by Gasteiger charge is 2.24. The van der Waals surface area contributed by atoms with Crippen LogP contribution in [0.15, 0.2) is 35.4 Å². The van der Waals surface area contributed by atoms with Gasteiger partial charge in [0, 0.05) is 43.7 Å². The van der Waals surface area contributed by atoms with E-state index in [1.807, 2.05) is 12.2 Å². The molecule has 0 bridgehead atoms. The molecule has 0 aliphatic carbocycles. The van der Waals surface area contributed by atoms with Gasteiger partial charge in [0.1, 0.15) is 0 Å². The molecule has 1 aliphatic heterocycles. The van der Waals surface area contributed by atoms with Crippen molar-refractivity contribution < 1.29 is 4.79 Å². The molecule has 2 aromatic heterocycles. The Morgan fingerprint density at radius 2 is 1.36 bits per heavy atom. The lowest BCUT2D eigenvalue weighted by molar-refractivity contribution is -0.113. The molecule has 1 saturated heterocycles. The predicted molar refractivity (Wildman–Crippen MR) is 96.6 cm³/mol. The fourth-order valence-corrected chi connectivity index (χ4v) is 4.31. The summed E-state index contributed by atoms with van der Waals surface area (Å²) in [5.41, 5.74) is 1.77. The van der Waals surface area contributed by atoms with Crippen LogP contribution in [0.5, 0.6) is 0 Å². The number of carbonyl (C=O) groups is 1. The number of hydrogen-bond acceptors (Lipinski definition) is 4. The molecule has 22 heavy (non-hydrogen) atoms. The standard InChI is InChI=1S/C18H19NOS2/c1-12-4-6-16(21-12)8-14-10-19(3)11-15(18(14)20)9-17-7-5-13(2)22-17/h4-9H,10-11H2,1-3H3/b14-8-,15-9-. The van der Waals surface area contributed by atoms with Gasteiger partial charge in [-0.2, -0.15) is 0 Å². The van der Waals surface area contributed by atoms with Gasteiger partial charge >= 0.3 is 0 Å². The van der Waals surface area contributed by atoms with Crippen LogP contribution in [0.3, 0.4) is 0 Å². The molecule has 3 heterocycles. The van der Waals surface area contributed by atoms with E-state index in [2.05, 4.69) is 50.1 Å². The highest BCUT2D eigenvalue weighted by atomic mass is 32.1. The van der Waals surface area contributed by atoms with E-state index in [-0.39, 0.29) is 5.78 Å². The summed E-state index contributed by atoms with van der Waals surface area (Å²) in [5, 5.41) is 0. The van der Waals surface area contributed by atoms with Gasteiger partial charge in [0.05, 0.1) is 0 Å². The first-order valence-corrected chi connectivity index (χ1v) is 8.92. The summed E-state index contributed by atoms with van der Waals surface area (Å²) in [5.74, 6) is 0.190. The summed E-state index contributed by atoms with van der Waals surface area (Å²) in [6.45, 7) is 5.62. The number of likely N-dealkylation sites (tertiary alicyclic amines) is 1. The largest absolute Gasteiger partial charge is 0.298 e. The van der Waals surface area contributed by atoms with E-state index in [9.17, 15) is 4.79 Å². The molecule has 0 unspecified atom stereocenters. The third-order valence-corrected chi connectivity index (χ3v) is 5.51. The summed E-state index contributed by atoms with van der Waals surface area (Å²) >= 11 is 3.46. The number of hydrogen-bond donors (Lipinski definition) is 0. The number of rotatable bonds is 2. The lowest BCUT2D eigenvalue weighted by atomic mass is 9.97. The minimum absolute atomic E-state index is 0.190. The van der Waals surface area contributed by atoms with Gasteiger partial charge in [0.25, 0.3) is 0 Å². The van der Waals surface area contributed by atoms with Crippen molar-refractivity contribution in [1.82, 2.24) is 4.90 Å². The van der Waals surface area contributed by atoms with Gasteiger partial charge in [-0.25, -0.2) is 0 Å². The van der Waals surface area contributed by atoms with Crippen LogP contribution in [0.4, 0.5) is 0 Å². The van der Waals surface area contributed by atoms with Crippen LogP contribution in [0.1, 0.15) is 19.5 Å². The van der Waals surface area contributed by atoms with Gasteiger partial charge in [0.15, 0.2) is 5.78 Å². The van der Waals surface area contributed by atoms with Crippen molar-refractivity contribution in [2.75, 3.05) is 20.1 Å². The molecule has 0 spiro atoms. The minimum Gasteiger partial charge on any atom is -0.298 e. The lowest BCUT2D eigenvalue weighted by Crippen LogP contribution is -2.34. The molecule has 0 N–H and O–H groups in total. The SMILES string of the molecule is Cc1ccc(/C=C2/CN(C)C/C(=C/c3ccc(C)s3)C2=O)s1. The fraction of sp³-hybridized carbons (Fsp3) is 0.278. The summed E-state index contributed by atoms with van der Waals surface area (Å²) < 4.78 is 0. The van der Waals surface area contributed by atoms with Gasteiger partial charge in [-0.15, -0.1) is 22.7 Å². The third-order valence-electron chi connectivity index (χ3n) is 3.62. The number of ketones is 1. The predicted octanol–water partition coefficient (Wildman–Crippen LogP) is 4.41. The average molecular weight is 329 g/mol. The van der Waals surface area contributed by atoms with E-state index in [1.165, 1.54) is 9.75 Å². The zero-order valence-corrected chi connectivity index (χ0v) is 14.7. The van der Waals surface area contributed by atoms with Gasteiger partial charge in [-0.05, 0) is 57.3 Å². The van der Waals surface area contributed by atoms with Crippen molar-refractivity contribution in [2.24, 2.45) is 0 Å². The Kier molecular flexibility index (Phi) is 4.43. The highest BCUT2D eigenvalue weighted by molar-refractivity contribution is 7.13. The van der Waals surface area contributed by atoms with Crippen LogP contribution >= 0.6 is 22.7 Å². The maximum Gasteiger partial charge on any atom is 0.187 e. The topological polar surface area (TPSA) is 20.3 Å². The number of carbonyl (C=O) groups excluding carboxylic acids is 1. The van der Waals surface area contributed by atoms with Gasteiger partial charge in [0.2, 0.25) is 0 Å². The number of aryl methyl sites for hydroxylation is 2. The first-order chi connectivity index (χ1) is 10.5. The van der Waals surface area contributed by atoms with Gasteiger partial charge < -0.3 is 0 Å². The summed E-state index contributed by atoms with van der Waals surface area (Å²) in [6, 6.07) is 8.36. The molecule has 2 nitrogen and oxygen atoms in total. The van der Waals surface area contributed by atoms with Crippen molar-refractivity contribution in [1.29, 1.82) is 0 Å². The summed E-state index contributed by atoms with van der Waals surface area (Å²) in [7, 11) is 2.06. The van der Waals surface area contributed by atoms with Crippen LogP contribution in [0.2, 0.25) is 0 Å². The van der Waals surface area contributed by atoms with Crippen molar-refractivity contribution in [3.63, 3.8) is 0 Å². The molecule has 0 aromatic carbocycles. The fourth-order valence-electron chi connectivity index (χ4n) is 2.62. The molecule has 1 fully saturated rings. The van der Waals surface area contributed by atoms with E-state index < -0.39 is 0 Å². The Hall–Kier alpha value is -1.49. The van der Waals surface area contributed by atoms with Crippen molar-refractivity contribution >= 4 is 40.6 Å². The number of Topliss-reactive ketones (excluding diaryl/α,β-unsaturated/α-hetero) is 1. The minimum atomic E-state index is 0.190. The smallest absolute Gasteiger partial charge is 0.187 e. The Bertz CT molecular complexity index is 701.